The average molecular weight is 426 g/mol. The van der Waals surface area contributed by atoms with E-state index in [1.54, 1.807) is 18.2 Å². The van der Waals surface area contributed by atoms with Crippen LogP contribution in [0.25, 0.3) is 22.6 Å². The van der Waals surface area contributed by atoms with Gasteiger partial charge in [-0.15, -0.1) is 16.4 Å². The van der Waals surface area contributed by atoms with Crippen molar-refractivity contribution in [2.45, 2.75) is 12.1 Å². The Hall–Kier alpha value is -3.04. The lowest BCUT2D eigenvalue weighted by molar-refractivity contribution is -0.113. The summed E-state index contributed by atoms with van der Waals surface area (Å²) in [5.41, 5.74) is 3.34. The second kappa shape index (κ2) is 8.54. The third kappa shape index (κ3) is 4.69. The van der Waals surface area contributed by atoms with Crippen molar-refractivity contribution < 1.29 is 9.18 Å². The minimum Gasteiger partial charge on any atom is -0.301 e. The summed E-state index contributed by atoms with van der Waals surface area (Å²) in [6.07, 6.45) is 0. The Bertz CT molecular complexity index is 1140. The Balaban J connectivity index is 1.34. The van der Waals surface area contributed by atoms with Gasteiger partial charge in [-0.2, -0.15) is 0 Å². The number of thioether (sulfide) groups is 1. The summed E-state index contributed by atoms with van der Waals surface area (Å²) in [4.78, 5) is 20.9. The summed E-state index contributed by atoms with van der Waals surface area (Å²) in [5, 5.41) is 12.3. The minimum absolute atomic E-state index is 0.119. The highest BCUT2D eigenvalue weighted by molar-refractivity contribution is 7.99. The maximum absolute atomic E-state index is 13.8. The number of rotatable bonds is 6. The number of H-pyrrole nitrogens is 1. The largest absolute Gasteiger partial charge is 0.301 e. The molecule has 4 rings (SSSR count). The molecule has 2 aromatic carbocycles. The van der Waals surface area contributed by atoms with E-state index in [9.17, 15) is 9.18 Å². The number of thiazole rings is 1. The van der Waals surface area contributed by atoms with Crippen LogP contribution in [0, 0.1) is 12.7 Å². The number of benzene rings is 2. The van der Waals surface area contributed by atoms with Crippen molar-refractivity contribution in [2.24, 2.45) is 0 Å². The lowest BCUT2D eigenvalue weighted by Gasteiger charge is -2.00. The molecule has 0 unspecified atom stereocenters. The standard InChI is InChI=1S/C20H16FN5OS2/c1-12-6-8-13(9-7-12)16-10-28-19(22-16)23-17(27)11-29-20-24-18(25-26-20)14-4-2-3-5-15(14)21/h2-10H,11H2,1H3,(H,22,23,27)(H,24,25,26). The van der Waals surface area contributed by atoms with Crippen LogP contribution in [0.1, 0.15) is 5.56 Å². The Morgan fingerprint density at radius 2 is 1.97 bits per heavy atom. The molecule has 0 aliphatic heterocycles. The summed E-state index contributed by atoms with van der Waals surface area (Å²) in [6.45, 7) is 2.03. The van der Waals surface area contributed by atoms with Gasteiger partial charge in [0.1, 0.15) is 5.82 Å². The number of carbonyl (C=O) groups excluding carboxylic acids is 1. The van der Waals surface area contributed by atoms with Gasteiger partial charge in [-0.05, 0) is 19.1 Å². The smallest absolute Gasteiger partial charge is 0.236 e. The van der Waals surface area contributed by atoms with Crippen LogP contribution in [0.2, 0.25) is 0 Å². The highest BCUT2D eigenvalue weighted by atomic mass is 32.2. The van der Waals surface area contributed by atoms with Gasteiger partial charge in [-0.1, -0.05) is 53.7 Å². The van der Waals surface area contributed by atoms with Crippen molar-refractivity contribution in [2.75, 3.05) is 11.1 Å². The number of aromatic nitrogens is 4. The molecule has 0 saturated heterocycles. The average Bonchev–Trinajstić information content (AvgIpc) is 3.37. The van der Waals surface area contributed by atoms with Crippen LogP contribution in [0.3, 0.4) is 0 Å². The lowest BCUT2D eigenvalue weighted by Crippen LogP contribution is -2.13. The topological polar surface area (TPSA) is 83.6 Å². The van der Waals surface area contributed by atoms with Gasteiger partial charge >= 0.3 is 0 Å². The van der Waals surface area contributed by atoms with Crippen molar-refractivity contribution in [1.82, 2.24) is 20.2 Å². The number of aryl methyl sites for hydroxylation is 1. The lowest BCUT2D eigenvalue weighted by atomic mass is 10.1. The van der Waals surface area contributed by atoms with E-state index in [2.05, 4.69) is 25.5 Å². The summed E-state index contributed by atoms with van der Waals surface area (Å²) in [5.74, 6) is -0.148. The molecule has 0 bridgehead atoms. The fourth-order valence-electron chi connectivity index (χ4n) is 2.56. The zero-order valence-electron chi connectivity index (χ0n) is 15.3. The van der Waals surface area contributed by atoms with Gasteiger partial charge in [-0.25, -0.2) is 14.4 Å². The number of aromatic amines is 1. The van der Waals surface area contributed by atoms with E-state index in [0.29, 0.717) is 21.7 Å². The van der Waals surface area contributed by atoms with Gasteiger partial charge in [0.15, 0.2) is 11.0 Å². The molecule has 0 spiro atoms. The van der Waals surface area contributed by atoms with Crippen LogP contribution in [-0.2, 0) is 4.79 Å². The third-order valence-electron chi connectivity index (χ3n) is 4.02. The normalized spacial score (nSPS) is 10.8. The molecule has 0 aliphatic carbocycles. The van der Waals surface area contributed by atoms with E-state index >= 15 is 0 Å². The van der Waals surface area contributed by atoms with Gasteiger partial charge in [0.25, 0.3) is 0 Å². The molecule has 29 heavy (non-hydrogen) atoms. The highest BCUT2D eigenvalue weighted by Gasteiger charge is 2.13. The molecular weight excluding hydrogens is 409 g/mol. The summed E-state index contributed by atoms with van der Waals surface area (Å²) >= 11 is 2.53. The predicted molar refractivity (Wildman–Crippen MR) is 113 cm³/mol. The second-order valence-corrected chi connectivity index (χ2v) is 7.99. The predicted octanol–water partition coefficient (Wildman–Crippen LogP) is 4.77. The Kier molecular flexibility index (Phi) is 5.68. The summed E-state index contributed by atoms with van der Waals surface area (Å²) in [7, 11) is 0. The first-order chi connectivity index (χ1) is 14.1. The fraction of sp³-hybridized carbons (Fsp3) is 0.100. The maximum atomic E-state index is 13.8. The number of halogens is 1. The molecule has 0 aliphatic rings. The number of amides is 1. The van der Waals surface area contributed by atoms with E-state index < -0.39 is 0 Å². The van der Waals surface area contributed by atoms with Gasteiger partial charge in [0.05, 0.1) is 17.0 Å². The first-order valence-electron chi connectivity index (χ1n) is 8.71. The SMILES string of the molecule is Cc1ccc(-c2csc(NC(=O)CSc3n[nH]c(-c4ccccc4F)n3)n2)cc1. The molecule has 146 valence electrons. The quantitative estimate of drug-likeness (QED) is 0.435. The van der Waals surface area contributed by atoms with Crippen LogP contribution >= 0.6 is 23.1 Å². The van der Waals surface area contributed by atoms with Gasteiger partial charge in [0.2, 0.25) is 11.1 Å². The third-order valence-corrected chi connectivity index (χ3v) is 5.63. The Labute approximate surface area is 174 Å². The van der Waals surface area contributed by atoms with Crippen molar-refractivity contribution >= 4 is 34.1 Å². The van der Waals surface area contributed by atoms with Gasteiger partial charge in [0, 0.05) is 10.9 Å². The zero-order valence-corrected chi connectivity index (χ0v) is 17.0. The number of hydrogen-bond acceptors (Lipinski definition) is 6. The molecule has 0 fully saturated rings. The zero-order chi connectivity index (χ0) is 20.2. The number of anilines is 1. The van der Waals surface area contributed by atoms with Crippen LogP contribution < -0.4 is 5.32 Å². The Morgan fingerprint density at radius 1 is 1.17 bits per heavy atom. The van der Waals surface area contributed by atoms with E-state index in [1.165, 1.54) is 23.0 Å². The van der Waals surface area contributed by atoms with Crippen molar-refractivity contribution in [3.63, 3.8) is 0 Å². The van der Waals surface area contributed by atoms with Crippen molar-refractivity contribution in [1.29, 1.82) is 0 Å². The van der Waals surface area contributed by atoms with E-state index in [0.717, 1.165) is 23.0 Å². The van der Waals surface area contributed by atoms with Crippen molar-refractivity contribution in [3.05, 3.63) is 65.3 Å². The molecule has 0 saturated carbocycles. The first kappa shape index (κ1) is 19.3. The highest BCUT2D eigenvalue weighted by Crippen LogP contribution is 2.26. The van der Waals surface area contributed by atoms with Gasteiger partial charge in [-0.3, -0.25) is 9.89 Å². The summed E-state index contributed by atoms with van der Waals surface area (Å²) < 4.78 is 13.8. The molecule has 9 heteroatoms. The molecule has 2 N–H and O–H groups in total. The van der Waals surface area contributed by atoms with Crippen LogP contribution in [-0.4, -0.2) is 31.8 Å². The molecule has 0 radical (unpaired) electrons. The van der Waals surface area contributed by atoms with E-state index in [-0.39, 0.29) is 17.5 Å². The number of carbonyl (C=O) groups is 1. The number of nitrogens with one attached hydrogen (secondary N) is 2. The molecule has 2 heterocycles. The first-order valence-corrected chi connectivity index (χ1v) is 10.6. The van der Waals surface area contributed by atoms with Crippen molar-refractivity contribution in [3.8, 4) is 22.6 Å². The number of hydrogen-bond donors (Lipinski definition) is 2. The Morgan fingerprint density at radius 3 is 2.76 bits per heavy atom. The van der Waals surface area contributed by atoms with Crippen LogP contribution in [0.5, 0.6) is 0 Å². The fourth-order valence-corrected chi connectivity index (χ4v) is 3.89. The molecule has 4 aromatic rings. The maximum Gasteiger partial charge on any atom is 0.236 e. The van der Waals surface area contributed by atoms with Gasteiger partial charge < -0.3 is 5.32 Å². The second-order valence-electron chi connectivity index (χ2n) is 6.19. The molecule has 2 aromatic heterocycles. The van der Waals surface area contributed by atoms with Crippen LogP contribution in [0.15, 0.2) is 59.1 Å². The molecule has 0 atom stereocenters. The monoisotopic (exact) mass is 425 g/mol. The molecular formula is C20H16FN5OS2. The minimum atomic E-state index is -0.383. The molecule has 1 amide bonds. The van der Waals surface area contributed by atoms with Crippen LogP contribution in [0.4, 0.5) is 9.52 Å². The summed E-state index contributed by atoms with van der Waals surface area (Å²) in [6, 6.07) is 14.4. The van der Waals surface area contributed by atoms with E-state index in [1.807, 2.05) is 36.6 Å². The molecule has 6 nitrogen and oxygen atoms in total. The number of nitrogens with zero attached hydrogens (tertiary/aromatic N) is 3. The van der Waals surface area contributed by atoms with E-state index in [4.69, 9.17) is 0 Å².